The van der Waals surface area contributed by atoms with E-state index < -0.39 is 28.0 Å². The van der Waals surface area contributed by atoms with Gasteiger partial charge < -0.3 is 10.1 Å². The Kier molecular flexibility index (Phi) is 4.93. The van der Waals surface area contributed by atoms with E-state index in [0.29, 0.717) is 16.6 Å². The van der Waals surface area contributed by atoms with Gasteiger partial charge in [-0.15, -0.1) is 0 Å². The summed E-state index contributed by atoms with van der Waals surface area (Å²) in [5.74, 6) is -1.31. The number of H-pyrrole nitrogens is 1. The number of aromatic amines is 1. The van der Waals surface area contributed by atoms with Crippen LogP contribution in [0.1, 0.15) is 17.4 Å². The van der Waals surface area contributed by atoms with Crippen molar-refractivity contribution in [3.05, 3.63) is 54.2 Å². The van der Waals surface area contributed by atoms with E-state index in [4.69, 9.17) is 9.88 Å². The summed E-state index contributed by atoms with van der Waals surface area (Å²) < 4.78 is 27.6. The third-order valence-corrected chi connectivity index (χ3v) is 4.70. The number of esters is 1. The fraction of sp³-hybridized carbons (Fsp3) is 0.118. The van der Waals surface area contributed by atoms with Gasteiger partial charge in [0, 0.05) is 11.1 Å². The Labute approximate surface area is 154 Å². The number of aromatic nitrogens is 2. The van der Waals surface area contributed by atoms with Gasteiger partial charge in [-0.05, 0) is 37.3 Å². The lowest BCUT2D eigenvalue weighted by Crippen LogP contribution is -2.30. The minimum absolute atomic E-state index is 0.0783. The highest BCUT2D eigenvalue weighted by Gasteiger charge is 2.22. The van der Waals surface area contributed by atoms with Crippen molar-refractivity contribution >= 4 is 38.5 Å². The van der Waals surface area contributed by atoms with E-state index in [-0.39, 0.29) is 10.6 Å². The highest BCUT2D eigenvalue weighted by Crippen LogP contribution is 2.17. The van der Waals surface area contributed by atoms with Crippen LogP contribution in [0.15, 0.2) is 53.4 Å². The van der Waals surface area contributed by atoms with Gasteiger partial charge in [-0.25, -0.2) is 18.4 Å². The summed E-state index contributed by atoms with van der Waals surface area (Å²) in [6.45, 7) is 1.42. The minimum Gasteiger partial charge on any atom is -0.448 e. The first-order valence-electron chi connectivity index (χ1n) is 7.83. The number of ether oxygens (including phenoxy) is 1. The number of rotatable bonds is 5. The molecule has 1 amide bonds. The van der Waals surface area contributed by atoms with Gasteiger partial charge in [-0.1, -0.05) is 18.2 Å². The summed E-state index contributed by atoms with van der Waals surface area (Å²) in [6.07, 6.45) is -1.09. The highest BCUT2D eigenvalue weighted by molar-refractivity contribution is 7.89. The van der Waals surface area contributed by atoms with Crippen molar-refractivity contribution < 1.29 is 22.7 Å². The lowest BCUT2D eigenvalue weighted by atomic mass is 10.2. The lowest BCUT2D eigenvalue weighted by Gasteiger charge is -2.13. The molecule has 0 spiro atoms. The number of para-hydroxylation sites is 1. The van der Waals surface area contributed by atoms with Gasteiger partial charge in [-0.2, -0.15) is 5.10 Å². The van der Waals surface area contributed by atoms with E-state index >= 15 is 0 Å². The molecule has 10 heteroatoms. The Morgan fingerprint density at radius 1 is 1.15 bits per heavy atom. The monoisotopic (exact) mass is 388 g/mol. The van der Waals surface area contributed by atoms with Gasteiger partial charge in [-0.3, -0.25) is 9.89 Å². The van der Waals surface area contributed by atoms with Gasteiger partial charge in [0.15, 0.2) is 11.8 Å². The van der Waals surface area contributed by atoms with Crippen molar-refractivity contribution in [2.24, 2.45) is 5.14 Å². The number of nitrogens with zero attached hydrogens (tertiary/aromatic N) is 1. The number of nitrogens with one attached hydrogen (secondary N) is 2. The van der Waals surface area contributed by atoms with Crippen LogP contribution in [0.25, 0.3) is 10.9 Å². The first-order chi connectivity index (χ1) is 12.8. The second-order valence-electron chi connectivity index (χ2n) is 5.72. The summed E-state index contributed by atoms with van der Waals surface area (Å²) in [5, 5.41) is 14.8. The van der Waals surface area contributed by atoms with Crippen LogP contribution >= 0.6 is 0 Å². The topological polar surface area (TPSA) is 144 Å². The Balaban J connectivity index is 1.66. The van der Waals surface area contributed by atoms with Crippen LogP contribution in [0.2, 0.25) is 0 Å². The largest absolute Gasteiger partial charge is 0.448 e. The van der Waals surface area contributed by atoms with Crippen LogP contribution in [0, 0.1) is 0 Å². The third kappa shape index (κ3) is 4.13. The number of amides is 1. The smallest absolute Gasteiger partial charge is 0.360 e. The van der Waals surface area contributed by atoms with Crippen molar-refractivity contribution in [1.82, 2.24) is 10.2 Å². The Morgan fingerprint density at radius 2 is 1.81 bits per heavy atom. The van der Waals surface area contributed by atoms with Crippen molar-refractivity contribution in [1.29, 1.82) is 0 Å². The van der Waals surface area contributed by atoms with Crippen molar-refractivity contribution in [2.75, 3.05) is 5.32 Å². The van der Waals surface area contributed by atoms with Crippen LogP contribution in [0.4, 0.5) is 5.69 Å². The zero-order valence-electron chi connectivity index (χ0n) is 14.2. The number of benzene rings is 2. The molecular formula is C17H16N4O5S. The standard InChI is InChI=1S/C17H16N4O5S/c1-10(16(22)19-11-6-8-12(9-7-11)27(18,24)25)26-17(23)15-13-4-2-3-5-14(13)20-21-15/h2-10H,1H3,(H,19,22)(H,20,21)(H2,18,24,25). The molecule has 0 radical (unpaired) electrons. The maximum Gasteiger partial charge on any atom is 0.360 e. The Hall–Kier alpha value is -3.24. The Bertz CT molecular complexity index is 1110. The highest BCUT2D eigenvalue weighted by atomic mass is 32.2. The third-order valence-electron chi connectivity index (χ3n) is 3.77. The number of carbonyl (C=O) groups excluding carboxylic acids is 2. The average molecular weight is 388 g/mol. The number of primary sulfonamides is 1. The normalized spacial score (nSPS) is 12.5. The van der Waals surface area contributed by atoms with E-state index in [1.807, 2.05) is 0 Å². The fourth-order valence-corrected chi connectivity index (χ4v) is 2.88. The van der Waals surface area contributed by atoms with E-state index in [0.717, 1.165) is 0 Å². The van der Waals surface area contributed by atoms with E-state index in [2.05, 4.69) is 15.5 Å². The summed E-state index contributed by atoms with van der Waals surface area (Å²) in [6, 6.07) is 12.3. The van der Waals surface area contributed by atoms with E-state index in [9.17, 15) is 18.0 Å². The van der Waals surface area contributed by atoms with Gasteiger partial charge in [0.05, 0.1) is 10.4 Å². The number of nitrogens with two attached hydrogens (primary N) is 1. The zero-order valence-corrected chi connectivity index (χ0v) is 15.0. The molecule has 0 aliphatic rings. The first-order valence-corrected chi connectivity index (χ1v) is 9.38. The molecule has 2 aromatic carbocycles. The molecule has 1 heterocycles. The molecule has 0 saturated carbocycles. The molecule has 140 valence electrons. The summed E-state index contributed by atoms with van der Waals surface area (Å²) in [5.41, 5.74) is 1.10. The quantitative estimate of drug-likeness (QED) is 0.563. The van der Waals surface area contributed by atoms with Crippen LogP contribution in [0.3, 0.4) is 0 Å². The maximum atomic E-state index is 12.3. The molecule has 9 nitrogen and oxygen atoms in total. The molecule has 4 N–H and O–H groups in total. The number of sulfonamides is 1. The lowest BCUT2D eigenvalue weighted by molar-refractivity contribution is -0.123. The van der Waals surface area contributed by atoms with Crippen molar-refractivity contribution in [3.8, 4) is 0 Å². The predicted octanol–water partition coefficient (Wildman–Crippen LogP) is 1.39. The van der Waals surface area contributed by atoms with Crippen molar-refractivity contribution in [3.63, 3.8) is 0 Å². The number of hydrogen-bond acceptors (Lipinski definition) is 6. The molecule has 27 heavy (non-hydrogen) atoms. The van der Waals surface area contributed by atoms with Gasteiger partial charge in [0.1, 0.15) is 0 Å². The van der Waals surface area contributed by atoms with Crippen LogP contribution in [-0.4, -0.2) is 36.6 Å². The minimum atomic E-state index is -3.82. The number of anilines is 1. The van der Waals surface area contributed by atoms with Gasteiger partial charge in [0.2, 0.25) is 10.0 Å². The molecule has 1 aromatic heterocycles. The average Bonchev–Trinajstić information content (AvgIpc) is 3.05. The van der Waals surface area contributed by atoms with Crippen molar-refractivity contribution in [2.45, 2.75) is 17.9 Å². The number of fused-ring (bicyclic) bond motifs is 1. The maximum absolute atomic E-state index is 12.3. The molecule has 0 aliphatic carbocycles. The van der Waals surface area contributed by atoms with Crippen LogP contribution in [-0.2, 0) is 19.6 Å². The number of carbonyl (C=O) groups is 2. The molecule has 0 bridgehead atoms. The van der Waals surface area contributed by atoms with Gasteiger partial charge >= 0.3 is 5.97 Å². The first kappa shape index (κ1) is 18.5. The second kappa shape index (κ2) is 7.17. The Morgan fingerprint density at radius 3 is 2.48 bits per heavy atom. The van der Waals surface area contributed by atoms with Gasteiger partial charge in [0.25, 0.3) is 5.91 Å². The molecule has 3 aromatic rings. The fourth-order valence-electron chi connectivity index (χ4n) is 2.36. The van der Waals surface area contributed by atoms with E-state index in [1.165, 1.54) is 31.2 Å². The summed E-state index contributed by atoms with van der Waals surface area (Å²) in [7, 11) is -3.82. The number of hydrogen-bond donors (Lipinski definition) is 3. The van der Waals surface area contributed by atoms with Crippen LogP contribution in [0.5, 0.6) is 0 Å². The summed E-state index contributed by atoms with van der Waals surface area (Å²) in [4.78, 5) is 24.4. The SMILES string of the molecule is CC(OC(=O)c1n[nH]c2ccccc12)C(=O)Nc1ccc(S(N)(=O)=O)cc1. The molecular weight excluding hydrogens is 372 g/mol. The zero-order chi connectivity index (χ0) is 19.6. The second-order valence-corrected chi connectivity index (χ2v) is 7.29. The molecule has 1 unspecified atom stereocenters. The summed E-state index contributed by atoms with van der Waals surface area (Å²) >= 11 is 0. The molecule has 0 saturated heterocycles. The van der Waals surface area contributed by atoms with Crippen LogP contribution < -0.4 is 10.5 Å². The molecule has 0 aliphatic heterocycles. The van der Waals surface area contributed by atoms with E-state index in [1.54, 1.807) is 24.3 Å². The molecule has 3 rings (SSSR count). The predicted molar refractivity (Wildman–Crippen MR) is 97.4 cm³/mol. The molecule has 0 fully saturated rings. The molecule has 1 atom stereocenters.